The van der Waals surface area contributed by atoms with E-state index in [0.717, 1.165) is 63.8 Å². The van der Waals surface area contributed by atoms with Crippen molar-refractivity contribution in [1.82, 2.24) is 29.5 Å². The van der Waals surface area contributed by atoms with Gasteiger partial charge in [-0.25, -0.2) is 0 Å². The summed E-state index contributed by atoms with van der Waals surface area (Å²) in [4.78, 5) is 30.5. The molecule has 0 radical (unpaired) electrons. The number of carbonyl (C=O) groups excluding carboxylic acids is 2. The van der Waals surface area contributed by atoms with Gasteiger partial charge >= 0.3 is 0 Å². The normalized spacial score (nSPS) is 22.0. The Bertz CT molecular complexity index is 702. The number of hydrogen-bond donors (Lipinski definition) is 0. The molecule has 1 aromatic heterocycles. The smallest absolute Gasteiger partial charge is 0.237 e. The third-order valence-electron chi connectivity index (χ3n) is 6.50. The maximum atomic E-state index is 12.8. The molecular formula is C20H32N6O2. The fraction of sp³-hybridized carbons (Fsp3) is 0.800. The van der Waals surface area contributed by atoms with Gasteiger partial charge in [0.25, 0.3) is 0 Å². The molecule has 0 aromatic carbocycles. The molecule has 0 N–H and O–H groups in total. The summed E-state index contributed by atoms with van der Waals surface area (Å²) in [6.07, 6.45) is 6.85. The van der Waals surface area contributed by atoms with Crippen LogP contribution < -0.4 is 0 Å². The van der Waals surface area contributed by atoms with Crippen LogP contribution in [0.4, 0.5) is 0 Å². The van der Waals surface area contributed by atoms with E-state index in [1.165, 1.54) is 25.7 Å². The third kappa shape index (κ3) is 4.21. The van der Waals surface area contributed by atoms with E-state index in [-0.39, 0.29) is 11.8 Å². The number of hydrogen-bond acceptors (Lipinski definition) is 5. The van der Waals surface area contributed by atoms with E-state index in [0.29, 0.717) is 19.0 Å². The summed E-state index contributed by atoms with van der Waals surface area (Å²) in [6, 6.07) is 0. The Hall–Kier alpha value is -1.96. The third-order valence-corrected chi connectivity index (χ3v) is 6.50. The van der Waals surface area contributed by atoms with Crippen molar-refractivity contribution < 1.29 is 9.59 Å². The second-order valence-corrected chi connectivity index (χ2v) is 8.41. The van der Waals surface area contributed by atoms with E-state index in [2.05, 4.69) is 19.7 Å². The fourth-order valence-electron chi connectivity index (χ4n) is 4.73. The second kappa shape index (κ2) is 8.59. The van der Waals surface area contributed by atoms with Gasteiger partial charge in [-0.1, -0.05) is 12.8 Å². The molecule has 2 saturated heterocycles. The van der Waals surface area contributed by atoms with Gasteiger partial charge in [0.15, 0.2) is 5.82 Å². The Morgan fingerprint density at radius 1 is 0.893 bits per heavy atom. The van der Waals surface area contributed by atoms with Crippen LogP contribution in [0.3, 0.4) is 0 Å². The Labute approximate surface area is 166 Å². The number of nitrogens with zero attached hydrogens (tertiary/aromatic N) is 6. The van der Waals surface area contributed by atoms with Crippen molar-refractivity contribution in [2.45, 2.75) is 64.5 Å². The van der Waals surface area contributed by atoms with Crippen LogP contribution in [0.1, 0.15) is 63.0 Å². The van der Waals surface area contributed by atoms with Crippen molar-refractivity contribution in [2.75, 3.05) is 39.3 Å². The number of aromatic nitrogens is 3. The standard InChI is InChI=1S/C20H32N6O2/c1-16(27)24-10-6-17(7-11-24)20-22-21-18-14-25(12-13-26(18)20)19(28)15-23-8-4-2-3-5-9-23/h17H,2-15H2,1H3. The molecule has 154 valence electrons. The van der Waals surface area contributed by atoms with Crippen molar-refractivity contribution in [1.29, 1.82) is 0 Å². The van der Waals surface area contributed by atoms with Crippen molar-refractivity contribution in [3.05, 3.63) is 11.6 Å². The molecule has 0 saturated carbocycles. The van der Waals surface area contributed by atoms with Gasteiger partial charge in [0.05, 0.1) is 13.1 Å². The summed E-state index contributed by atoms with van der Waals surface area (Å²) in [7, 11) is 0. The van der Waals surface area contributed by atoms with E-state index < -0.39 is 0 Å². The summed E-state index contributed by atoms with van der Waals surface area (Å²) < 4.78 is 2.21. The SMILES string of the molecule is CC(=O)N1CCC(c2nnc3n2CCN(C(=O)CN2CCCCCC2)C3)CC1. The molecule has 1 aromatic rings. The van der Waals surface area contributed by atoms with Gasteiger partial charge in [-0.15, -0.1) is 10.2 Å². The van der Waals surface area contributed by atoms with Gasteiger partial charge in [-0.3, -0.25) is 14.5 Å². The molecule has 0 unspecified atom stereocenters. The van der Waals surface area contributed by atoms with Crippen molar-refractivity contribution in [3.8, 4) is 0 Å². The first-order valence-electron chi connectivity index (χ1n) is 10.8. The summed E-state index contributed by atoms with van der Waals surface area (Å²) >= 11 is 0. The zero-order chi connectivity index (χ0) is 19.5. The van der Waals surface area contributed by atoms with E-state index in [4.69, 9.17) is 0 Å². The Morgan fingerprint density at radius 3 is 2.29 bits per heavy atom. The largest absolute Gasteiger partial charge is 0.343 e. The minimum Gasteiger partial charge on any atom is -0.343 e. The molecule has 4 rings (SSSR count). The highest BCUT2D eigenvalue weighted by atomic mass is 16.2. The van der Waals surface area contributed by atoms with Crippen molar-refractivity contribution in [2.24, 2.45) is 0 Å². The van der Waals surface area contributed by atoms with Gasteiger partial charge in [0, 0.05) is 39.0 Å². The van der Waals surface area contributed by atoms with Crippen LogP contribution in [-0.2, 0) is 22.7 Å². The lowest BCUT2D eigenvalue weighted by Gasteiger charge is -2.33. The Balaban J connectivity index is 1.35. The summed E-state index contributed by atoms with van der Waals surface area (Å²) in [5.41, 5.74) is 0. The van der Waals surface area contributed by atoms with Crippen LogP contribution >= 0.6 is 0 Å². The highest BCUT2D eigenvalue weighted by Crippen LogP contribution is 2.28. The number of carbonyl (C=O) groups is 2. The first kappa shape index (κ1) is 19.4. The maximum absolute atomic E-state index is 12.8. The fourth-order valence-corrected chi connectivity index (χ4v) is 4.73. The van der Waals surface area contributed by atoms with Crippen LogP contribution in [0.5, 0.6) is 0 Å². The monoisotopic (exact) mass is 388 g/mol. The van der Waals surface area contributed by atoms with Gasteiger partial charge in [0.1, 0.15) is 5.82 Å². The van der Waals surface area contributed by atoms with E-state index in [1.54, 1.807) is 6.92 Å². The van der Waals surface area contributed by atoms with E-state index in [1.807, 2.05) is 9.80 Å². The van der Waals surface area contributed by atoms with E-state index in [9.17, 15) is 9.59 Å². The molecule has 0 atom stereocenters. The molecular weight excluding hydrogens is 356 g/mol. The molecule has 0 bridgehead atoms. The van der Waals surface area contributed by atoms with Crippen LogP contribution in [0.25, 0.3) is 0 Å². The zero-order valence-electron chi connectivity index (χ0n) is 17.0. The highest BCUT2D eigenvalue weighted by Gasteiger charge is 2.30. The minimum atomic E-state index is 0.153. The molecule has 0 aliphatic carbocycles. The molecule has 3 aliphatic rings. The lowest BCUT2D eigenvalue weighted by molar-refractivity contribution is -0.134. The van der Waals surface area contributed by atoms with Crippen molar-refractivity contribution in [3.63, 3.8) is 0 Å². The van der Waals surface area contributed by atoms with Gasteiger partial charge in [-0.2, -0.15) is 0 Å². The number of rotatable bonds is 3. The second-order valence-electron chi connectivity index (χ2n) is 8.41. The number of piperidine rings is 1. The first-order valence-corrected chi connectivity index (χ1v) is 10.8. The molecule has 4 heterocycles. The number of likely N-dealkylation sites (tertiary alicyclic amines) is 2. The van der Waals surface area contributed by atoms with Crippen molar-refractivity contribution >= 4 is 11.8 Å². The molecule has 2 amide bonds. The Kier molecular flexibility index (Phi) is 5.94. The van der Waals surface area contributed by atoms with E-state index >= 15 is 0 Å². The topological polar surface area (TPSA) is 74.6 Å². The molecule has 8 nitrogen and oxygen atoms in total. The van der Waals surface area contributed by atoms with Gasteiger partial charge in [0.2, 0.25) is 11.8 Å². The lowest BCUT2D eigenvalue weighted by Crippen LogP contribution is -2.44. The quantitative estimate of drug-likeness (QED) is 0.778. The minimum absolute atomic E-state index is 0.153. The molecule has 3 aliphatic heterocycles. The lowest BCUT2D eigenvalue weighted by atomic mass is 9.95. The van der Waals surface area contributed by atoms with Gasteiger partial charge in [-0.05, 0) is 38.8 Å². The average molecular weight is 389 g/mol. The van der Waals surface area contributed by atoms with Gasteiger partial charge < -0.3 is 14.4 Å². The van der Waals surface area contributed by atoms with Crippen LogP contribution in [0.2, 0.25) is 0 Å². The average Bonchev–Trinajstić information content (AvgIpc) is 2.96. The number of fused-ring (bicyclic) bond motifs is 1. The number of amides is 2. The predicted octanol–water partition coefficient (Wildman–Crippen LogP) is 1.22. The van der Waals surface area contributed by atoms with Crippen LogP contribution in [-0.4, -0.2) is 80.5 Å². The maximum Gasteiger partial charge on any atom is 0.237 e. The molecule has 0 spiro atoms. The summed E-state index contributed by atoms with van der Waals surface area (Å²) in [6.45, 7) is 7.91. The molecule has 2 fully saturated rings. The zero-order valence-corrected chi connectivity index (χ0v) is 17.0. The molecule has 28 heavy (non-hydrogen) atoms. The Morgan fingerprint density at radius 2 is 1.61 bits per heavy atom. The van der Waals surface area contributed by atoms with Crippen LogP contribution in [0, 0.1) is 0 Å². The molecule has 8 heteroatoms. The predicted molar refractivity (Wildman–Crippen MR) is 105 cm³/mol. The van der Waals surface area contributed by atoms with Crippen LogP contribution in [0.15, 0.2) is 0 Å². The summed E-state index contributed by atoms with van der Waals surface area (Å²) in [5.74, 6) is 2.67. The highest BCUT2D eigenvalue weighted by molar-refractivity contribution is 5.78. The first-order chi connectivity index (χ1) is 13.6. The summed E-state index contributed by atoms with van der Waals surface area (Å²) in [5, 5.41) is 8.88.